The van der Waals surface area contributed by atoms with E-state index < -0.39 is 0 Å². The molecule has 0 atom stereocenters. The van der Waals surface area contributed by atoms with Crippen LogP contribution in [0.4, 0.5) is 5.69 Å². The lowest BCUT2D eigenvalue weighted by atomic mass is 10.2. The van der Waals surface area contributed by atoms with Gasteiger partial charge in [-0.15, -0.1) is 0 Å². The lowest BCUT2D eigenvalue weighted by Gasteiger charge is -2.07. The van der Waals surface area contributed by atoms with Gasteiger partial charge in [0.2, 0.25) is 0 Å². The Hall–Kier alpha value is -1.82. The standard InChI is InChI=1S/C12H13BrN4O/c13-10-2-1-9(7-11(10)14)12(18)16-4-6-17-5-3-15-8-17/h1-3,5,7-8H,4,6,14H2,(H,16,18). The number of carbonyl (C=O) groups excluding carboxylic acids is 1. The number of benzene rings is 1. The first-order valence-corrected chi connectivity index (χ1v) is 6.25. The van der Waals surface area contributed by atoms with Gasteiger partial charge in [0.05, 0.1) is 6.33 Å². The van der Waals surface area contributed by atoms with Crippen molar-refractivity contribution < 1.29 is 4.79 Å². The van der Waals surface area contributed by atoms with Gasteiger partial charge >= 0.3 is 0 Å². The highest BCUT2D eigenvalue weighted by Gasteiger charge is 2.06. The predicted molar refractivity (Wildman–Crippen MR) is 73.1 cm³/mol. The van der Waals surface area contributed by atoms with Gasteiger partial charge in [-0.05, 0) is 34.1 Å². The molecule has 0 unspecified atom stereocenters. The second-order valence-corrected chi connectivity index (χ2v) is 4.65. The molecule has 6 heteroatoms. The number of carbonyl (C=O) groups is 1. The van der Waals surface area contributed by atoms with Crippen LogP contribution in [0.1, 0.15) is 10.4 Å². The Kier molecular flexibility index (Phi) is 3.99. The average Bonchev–Trinajstić information content (AvgIpc) is 2.85. The number of aromatic nitrogens is 2. The van der Waals surface area contributed by atoms with Gasteiger partial charge in [0.15, 0.2) is 0 Å². The molecule has 0 aliphatic heterocycles. The molecule has 3 N–H and O–H groups in total. The second-order valence-electron chi connectivity index (χ2n) is 3.79. The molecule has 94 valence electrons. The van der Waals surface area contributed by atoms with E-state index in [4.69, 9.17) is 5.73 Å². The van der Waals surface area contributed by atoms with E-state index >= 15 is 0 Å². The highest BCUT2D eigenvalue weighted by atomic mass is 79.9. The average molecular weight is 309 g/mol. The summed E-state index contributed by atoms with van der Waals surface area (Å²) in [5.41, 5.74) is 6.83. The van der Waals surface area contributed by atoms with Crippen LogP contribution in [0.15, 0.2) is 41.4 Å². The van der Waals surface area contributed by atoms with Gasteiger partial charge < -0.3 is 15.6 Å². The van der Waals surface area contributed by atoms with Gasteiger partial charge in [0.25, 0.3) is 5.91 Å². The molecule has 0 aliphatic carbocycles. The van der Waals surface area contributed by atoms with Crippen molar-refractivity contribution in [2.45, 2.75) is 6.54 Å². The number of imidazole rings is 1. The van der Waals surface area contributed by atoms with Crippen LogP contribution in [0.25, 0.3) is 0 Å². The second kappa shape index (κ2) is 5.68. The number of nitrogens with zero attached hydrogens (tertiary/aromatic N) is 2. The molecule has 2 aromatic rings. The molecule has 1 amide bonds. The maximum Gasteiger partial charge on any atom is 0.251 e. The SMILES string of the molecule is Nc1cc(C(=O)NCCn2ccnc2)ccc1Br. The minimum atomic E-state index is -0.130. The van der Waals surface area contributed by atoms with Gasteiger partial charge in [-0.25, -0.2) is 4.98 Å². The summed E-state index contributed by atoms with van der Waals surface area (Å²) in [6.45, 7) is 1.24. The Morgan fingerprint density at radius 2 is 2.33 bits per heavy atom. The van der Waals surface area contributed by atoms with E-state index in [1.807, 2.05) is 10.8 Å². The molecule has 1 aromatic heterocycles. The first-order chi connectivity index (χ1) is 8.66. The molecular formula is C12H13BrN4O. The first kappa shape index (κ1) is 12.6. The van der Waals surface area contributed by atoms with Crippen molar-refractivity contribution in [3.05, 3.63) is 47.0 Å². The summed E-state index contributed by atoms with van der Waals surface area (Å²) < 4.78 is 2.69. The van der Waals surface area contributed by atoms with Crippen molar-refractivity contribution in [1.82, 2.24) is 14.9 Å². The van der Waals surface area contributed by atoms with E-state index in [9.17, 15) is 4.79 Å². The largest absolute Gasteiger partial charge is 0.398 e. The van der Waals surface area contributed by atoms with E-state index in [1.54, 1.807) is 30.7 Å². The fourth-order valence-corrected chi connectivity index (χ4v) is 1.75. The van der Waals surface area contributed by atoms with Gasteiger partial charge in [-0.1, -0.05) is 0 Å². The van der Waals surface area contributed by atoms with Crippen LogP contribution in [0.2, 0.25) is 0 Å². The molecule has 18 heavy (non-hydrogen) atoms. The molecule has 0 saturated heterocycles. The zero-order valence-electron chi connectivity index (χ0n) is 9.64. The number of hydrogen-bond donors (Lipinski definition) is 2. The van der Waals surface area contributed by atoms with E-state index in [2.05, 4.69) is 26.2 Å². The van der Waals surface area contributed by atoms with Crippen LogP contribution < -0.4 is 11.1 Å². The van der Waals surface area contributed by atoms with Gasteiger partial charge in [-0.3, -0.25) is 4.79 Å². The third kappa shape index (κ3) is 3.10. The summed E-state index contributed by atoms with van der Waals surface area (Å²) in [5, 5.41) is 2.83. The van der Waals surface area contributed by atoms with Crippen LogP contribution in [0.3, 0.4) is 0 Å². The minimum Gasteiger partial charge on any atom is -0.398 e. The highest BCUT2D eigenvalue weighted by Crippen LogP contribution is 2.19. The maximum absolute atomic E-state index is 11.8. The zero-order valence-corrected chi connectivity index (χ0v) is 11.2. The van der Waals surface area contributed by atoms with Crippen LogP contribution >= 0.6 is 15.9 Å². The molecule has 2 rings (SSSR count). The Labute approximate surface area is 113 Å². The zero-order chi connectivity index (χ0) is 13.0. The van der Waals surface area contributed by atoms with Crippen molar-refractivity contribution in [1.29, 1.82) is 0 Å². The molecule has 5 nitrogen and oxygen atoms in total. The van der Waals surface area contributed by atoms with Gasteiger partial charge in [0, 0.05) is 41.2 Å². The number of rotatable bonds is 4. The molecule has 1 heterocycles. The summed E-state index contributed by atoms with van der Waals surface area (Å²) in [6.07, 6.45) is 5.27. The maximum atomic E-state index is 11.8. The molecule has 0 aliphatic rings. The Morgan fingerprint density at radius 3 is 3.00 bits per heavy atom. The van der Waals surface area contributed by atoms with E-state index in [0.717, 1.165) is 4.47 Å². The molecule has 1 aromatic carbocycles. The minimum absolute atomic E-state index is 0.130. The smallest absolute Gasteiger partial charge is 0.251 e. The fraction of sp³-hybridized carbons (Fsp3) is 0.167. The number of amides is 1. The van der Waals surface area contributed by atoms with Gasteiger partial charge in [-0.2, -0.15) is 0 Å². The summed E-state index contributed by atoms with van der Waals surface area (Å²) in [5.74, 6) is -0.130. The van der Waals surface area contributed by atoms with E-state index in [-0.39, 0.29) is 5.91 Å². The predicted octanol–water partition coefficient (Wildman–Crippen LogP) is 1.66. The van der Waals surface area contributed by atoms with Crippen LogP contribution in [0, 0.1) is 0 Å². The lowest BCUT2D eigenvalue weighted by Crippen LogP contribution is -2.27. The number of anilines is 1. The van der Waals surface area contributed by atoms with Gasteiger partial charge in [0.1, 0.15) is 0 Å². The molecule has 0 bridgehead atoms. The summed E-state index contributed by atoms with van der Waals surface area (Å²) in [6, 6.07) is 5.14. The first-order valence-electron chi connectivity index (χ1n) is 5.46. The third-order valence-corrected chi connectivity index (χ3v) is 3.20. The number of nitrogen functional groups attached to an aromatic ring is 1. The number of nitrogens with two attached hydrogens (primary N) is 1. The monoisotopic (exact) mass is 308 g/mol. The fourth-order valence-electron chi connectivity index (χ4n) is 1.50. The lowest BCUT2D eigenvalue weighted by molar-refractivity contribution is 0.0952. The number of nitrogens with one attached hydrogen (secondary N) is 1. The summed E-state index contributed by atoms with van der Waals surface area (Å²) in [4.78, 5) is 15.8. The van der Waals surface area contributed by atoms with Crippen molar-refractivity contribution in [2.75, 3.05) is 12.3 Å². The Morgan fingerprint density at radius 1 is 1.50 bits per heavy atom. The molecular weight excluding hydrogens is 296 g/mol. The van der Waals surface area contributed by atoms with Crippen molar-refractivity contribution >= 4 is 27.5 Å². The highest BCUT2D eigenvalue weighted by molar-refractivity contribution is 9.10. The molecule has 0 fully saturated rings. The topological polar surface area (TPSA) is 72.9 Å². The number of halogens is 1. The van der Waals surface area contributed by atoms with Crippen LogP contribution in [-0.4, -0.2) is 22.0 Å². The normalized spacial score (nSPS) is 10.3. The Bertz CT molecular complexity index is 539. The van der Waals surface area contributed by atoms with Crippen molar-refractivity contribution in [3.63, 3.8) is 0 Å². The van der Waals surface area contributed by atoms with Crippen LogP contribution in [0.5, 0.6) is 0 Å². The van der Waals surface area contributed by atoms with Crippen molar-refractivity contribution in [3.8, 4) is 0 Å². The van der Waals surface area contributed by atoms with Crippen LogP contribution in [-0.2, 0) is 6.54 Å². The number of hydrogen-bond acceptors (Lipinski definition) is 3. The quantitative estimate of drug-likeness (QED) is 0.844. The third-order valence-electron chi connectivity index (χ3n) is 2.47. The summed E-state index contributed by atoms with van der Waals surface area (Å²) >= 11 is 3.29. The van der Waals surface area contributed by atoms with E-state index in [1.165, 1.54) is 0 Å². The van der Waals surface area contributed by atoms with Crippen molar-refractivity contribution in [2.24, 2.45) is 0 Å². The molecule has 0 radical (unpaired) electrons. The molecule has 0 spiro atoms. The van der Waals surface area contributed by atoms with E-state index in [0.29, 0.717) is 24.3 Å². The summed E-state index contributed by atoms with van der Waals surface area (Å²) in [7, 11) is 0. The molecule has 0 saturated carbocycles. The Balaban J connectivity index is 1.89.